The van der Waals surface area contributed by atoms with Crippen molar-refractivity contribution in [3.05, 3.63) is 12.2 Å². The molecule has 4 heteroatoms. The van der Waals surface area contributed by atoms with E-state index < -0.39 is 5.91 Å². The van der Waals surface area contributed by atoms with E-state index in [0.717, 1.165) is 17.4 Å². The predicted molar refractivity (Wildman–Crippen MR) is 46.6 cm³/mol. The third-order valence-electron chi connectivity index (χ3n) is 1.35. The van der Waals surface area contributed by atoms with E-state index >= 15 is 0 Å². The highest BCUT2D eigenvalue weighted by Gasteiger charge is 2.03. The van der Waals surface area contributed by atoms with Crippen molar-refractivity contribution in [3.63, 3.8) is 0 Å². The number of hydroxylamine groups is 1. The van der Waals surface area contributed by atoms with Gasteiger partial charge in [-0.05, 0) is 0 Å². The zero-order valence-electron chi connectivity index (χ0n) is 7.87. The first-order valence-electron chi connectivity index (χ1n) is 3.87. The van der Waals surface area contributed by atoms with E-state index in [1.165, 1.54) is 11.6 Å². The molecule has 0 atom stereocenters. The number of nitrogens with one attached hydrogen (secondary N) is 1. The molecule has 0 aliphatic rings. The number of amides is 1. The largest absolute Gasteiger partial charge is 0.331 e. The van der Waals surface area contributed by atoms with Crippen molar-refractivity contribution >= 4 is 5.91 Å². The zero-order chi connectivity index (χ0) is 9.61. The Kier molecular flexibility index (Phi) is 4.54. The zero-order valence-corrected chi connectivity index (χ0v) is 7.87. The molecule has 4 nitrogen and oxygen atoms in total. The summed E-state index contributed by atoms with van der Waals surface area (Å²) in [5.74, 6) is -0.476. The van der Waals surface area contributed by atoms with Gasteiger partial charge < -0.3 is 4.48 Å². The molecule has 0 heterocycles. The van der Waals surface area contributed by atoms with Crippen molar-refractivity contribution in [3.8, 4) is 0 Å². The van der Waals surface area contributed by atoms with Gasteiger partial charge in [0.15, 0.2) is 0 Å². The Balaban J connectivity index is 3.56. The monoisotopic (exact) mass is 173 g/mol. The topological polar surface area (TPSA) is 49.3 Å². The molecule has 0 saturated carbocycles. The van der Waals surface area contributed by atoms with E-state index in [1.54, 1.807) is 6.08 Å². The highest BCUT2D eigenvalue weighted by Crippen LogP contribution is 1.93. The van der Waals surface area contributed by atoms with Gasteiger partial charge >= 0.3 is 0 Å². The van der Waals surface area contributed by atoms with Crippen molar-refractivity contribution in [2.24, 2.45) is 0 Å². The smallest absolute Gasteiger partial charge is 0.267 e. The van der Waals surface area contributed by atoms with Crippen LogP contribution in [0.4, 0.5) is 0 Å². The Labute approximate surface area is 73.0 Å². The summed E-state index contributed by atoms with van der Waals surface area (Å²) in [6.45, 7) is 0.967. The molecule has 0 fully saturated rings. The summed E-state index contributed by atoms with van der Waals surface area (Å²) in [6.07, 6.45) is 3.90. The van der Waals surface area contributed by atoms with Gasteiger partial charge in [0.2, 0.25) is 0 Å². The molecule has 1 amide bonds. The van der Waals surface area contributed by atoms with Crippen LogP contribution < -0.4 is 5.48 Å². The number of nitrogens with zero attached hydrogens (tertiary/aromatic N) is 1. The average molecular weight is 173 g/mol. The maximum atomic E-state index is 10.5. The summed E-state index contributed by atoms with van der Waals surface area (Å²) in [7, 11) is 6.25. The van der Waals surface area contributed by atoms with Gasteiger partial charge in [0.25, 0.3) is 5.91 Å². The second-order valence-electron chi connectivity index (χ2n) is 3.68. The van der Waals surface area contributed by atoms with E-state index in [4.69, 9.17) is 5.21 Å². The lowest BCUT2D eigenvalue weighted by atomic mass is 10.3. The SMILES string of the molecule is C[N+](C)(C)CCC=CC(=O)NO. The van der Waals surface area contributed by atoms with Crippen LogP contribution in [0.1, 0.15) is 6.42 Å². The normalized spacial score (nSPS) is 12.0. The molecule has 12 heavy (non-hydrogen) atoms. The molecule has 0 bridgehead atoms. The van der Waals surface area contributed by atoms with Crippen LogP contribution >= 0.6 is 0 Å². The molecular formula is C8H17N2O2+. The summed E-state index contributed by atoms with van der Waals surface area (Å²) in [5.41, 5.74) is 1.53. The maximum Gasteiger partial charge on any atom is 0.267 e. The highest BCUT2D eigenvalue weighted by atomic mass is 16.5. The third-order valence-corrected chi connectivity index (χ3v) is 1.35. The Morgan fingerprint density at radius 1 is 1.50 bits per heavy atom. The minimum atomic E-state index is -0.476. The lowest BCUT2D eigenvalue weighted by Gasteiger charge is -2.22. The van der Waals surface area contributed by atoms with Gasteiger partial charge in [-0.3, -0.25) is 10.0 Å². The predicted octanol–water partition coefficient (Wildman–Crippen LogP) is 0.144. The molecule has 70 valence electrons. The van der Waals surface area contributed by atoms with Crippen molar-refractivity contribution in [1.29, 1.82) is 0 Å². The molecule has 0 aliphatic heterocycles. The van der Waals surface area contributed by atoms with E-state index in [1.807, 2.05) is 0 Å². The van der Waals surface area contributed by atoms with Crippen LogP contribution in [-0.2, 0) is 4.79 Å². The van der Waals surface area contributed by atoms with Gasteiger partial charge in [-0.15, -0.1) is 0 Å². The molecule has 0 aromatic carbocycles. The molecular weight excluding hydrogens is 156 g/mol. The second-order valence-corrected chi connectivity index (χ2v) is 3.68. The lowest BCUT2D eigenvalue weighted by Crippen LogP contribution is -2.34. The van der Waals surface area contributed by atoms with Crippen molar-refractivity contribution < 1.29 is 14.5 Å². The number of rotatable bonds is 4. The summed E-state index contributed by atoms with van der Waals surface area (Å²) in [6, 6.07) is 0. The van der Waals surface area contributed by atoms with E-state index in [-0.39, 0.29) is 0 Å². The first-order chi connectivity index (χ1) is 5.45. The summed E-state index contributed by atoms with van der Waals surface area (Å²) >= 11 is 0. The molecule has 0 saturated heterocycles. The molecule has 2 N–H and O–H groups in total. The molecule has 0 aliphatic carbocycles. The molecule has 0 rings (SSSR count). The lowest BCUT2D eigenvalue weighted by molar-refractivity contribution is -0.869. The van der Waals surface area contributed by atoms with Gasteiger partial charge in [0.05, 0.1) is 27.7 Å². The molecule has 0 unspecified atom stereocenters. The fourth-order valence-electron chi connectivity index (χ4n) is 0.689. The molecule has 0 spiro atoms. The maximum absolute atomic E-state index is 10.5. The molecule has 0 aromatic rings. The van der Waals surface area contributed by atoms with Gasteiger partial charge in [0.1, 0.15) is 0 Å². The van der Waals surface area contributed by atoms with Crippen LogP contribution in [0.2, 0.25) is 0 Å². The molecule has 0 radical (unpaired) electrons. The summed E-state index contributed by atoms with van der Waals surface area (Å²) in [5, 5.41) is 8.14. The Morgan fingerprint density at radius 2 is 2.08 bits per heavy atom. The van der Waals surface area contributed by atoms with Crippen LogP contribution in [0, 0.1) is 0 Å². The minimum absolute atomic E-state index is 0.476. The van der Waals surface area contributed by atoms with E-state index in [0.29, 0.717) is 0 Å². The van der Waals surface area contributed by atoms with Crippen molar-refractivity contribution in [2.45, 2.75) is 6.42 Å². The van der Waals surface area contributed by atoms with Crippen LogP contribution in [0.15, 0.2) is 12.2 Å². The number of hydrogen-bond donors (Lipinski definition) is 2. The van der Waals surface area contributed by atoms with Gasteiger partial charge in [-0.1, -0.05) is 6.08 Å². The number of quaternary nitrogens is 1. The first-order valence-corrected chi connectivity index (χ1v) is 3.87. The molecule has 0 aromatic heterocycles. The number of hydrogen-bond acceptors (Lipinski definition) is 2. The highest BCUT2D eigenvalue weighted by molar-refractivity contribution is 5.86. The minimum Gasteiger partial charge on any atom is -0.331 e. The fraction of sp³-hybridized carbons (Fsp3) is 0.625. The summed E-state index contributed by atoms with van der Waals surface area (Å²) in [4.78, 5) is 10.5. The van der Waals surface area contributed by atoms with Crippen LogP contribution in [0.5, 0.6) is 0 Å². The Morgan fingerprint density at radius 3 is 2.50 bits per heavy atom. The second kappa shape index (κ2) is 4.90. The van der Waals surface area contributed by atoms with E-state index in [2.05, 4.69) is 21.1 Å². The van der Waals surface area contributed by atoms with Crippen LogP contribution in [0.25, 0.3) is 0 Å². The van der Waals surface area contributed by atoms with Gasteiger partial charge in [0, 0.05) is 12.5 Å². The summed E-state index contributed by atoms with van der Waals surface area (Å²) < 4.78 is 0.866. The van der Waals surface area contributed by atoms with Crippen molar-refractivity contribution in [2.75, 3.05) is 27.7 Å². The first kappa shape index (κ1) is 11.1. The Bertz CT molecular complexity index is 170. The van der Waals surface area contributed by atoms with Gasteiger partial charge in [-0.25, -0.2) is 5.48 Å². The average Bonchev–Trinajstić information content (AvgIpc) is 1.96. The van der Waals surface area contributed by atoms with E-state index in [9.17, 15) is 4.79 Å². The van der Waals surface area contributed by atoms with Crippen LogP contribution in [0.3, 0.4) is 0 Å². The Hall–Kier alpha value is -0.870. The van der Waals surface area contributed by atoms with Gasteiger partial charge in [-0.2, -0.15) is 0 Å². The number of carbonyl (C=O) groups is 1. The van der Waals surface area contributed by atoms with Crippen LogP contribution in [-0.4, -0.2) is 43.3 Å². The fourth-order valence-corrected chi connectivity index (χ4v) is 0.689. The standard InChI is InChI=1S/C8H16N2O2/c1-10(2,3)7-5-4-6-8(11)9-12/h4,6H,5,7H2,1-3H3,(H-,9,11,12)/p+1. The quantitative estimate of drug-likeness (QED) is 0.275. The number of carbonyl (C=O) groups excluding carboxylic acids is 1. The third kappa shape index (κ3) is 7.24. The van der Waals surface area contributed by atoms with Crippen molar-refractivity contribution in [1.82, 2.24) is 5.48 Å².